The molecule has 3 fully saturated rings. The van der Waals surface area contributed by atoms with Gasteiger partial charge in [-0.3, -0.25) is 14.4 Å². The molecule has 0 spiro atoms. The second kappa shape index (κ2) is 15.9. The third kappa shape index (κ3) is 14.3. The number of rotatable bonds is 5. The number of piperidine rings is 3. The fraction of sp³-hybridized carbons (Fsp3) is 0.850. The zero-order valence-electron chi connectivity index (χ0n) is 18.2. The van der Waals surface area contributed by atoms with Gasteiger partial charge < -0.3 is 26.8 Å². The van der Waals surface area contributed by atoms with Gasteiger partial charge in [0.2, 0.25) is 27.7 Å². The van der Waals surface area contributed by atoms with Gasteiger partial charge in [-0.2, -0.15) is 0 Å². The smallest absolute Gasteiger partial charge is 0.220 e. The molecule has 3 aliphatic rings. The van der Waals surface area contributed by atoms with Crippen molar-refractivity contribution in [2.24, 2.45) is 5.73 Å². The molecule has 0 bridgehead atoms. The predicted octanol–water partition coefficient (Wildman–Crippen LogP) is -0.898. The molecule has 11 nitrogen and oxygen atoms in total. The van der Waals surface area contributed by atoms with Gasteiger partial charge >= 0.3 is 0 Å². The van der Waals surface area contributed by atoms with Crippen LogP contribution in [-0.4, -0.2) is 75.3 Å². The molecular formula is C20H41N5O6S. The standard InChI is InChI=1S/C7H14N2O3S.C6H12N2O.C6H11NO2.CH4/c1-13(11,12)8-5-6-3-2-4-7(10)9-6;7-4-5-2-1-3-6(9)8-5;8-4-5-2-1-3-6(9)7-5;/h6,8H,2-5H2,1H3,(H,9,10);5H,1-4,7H2,(H,8,9);5,8H,1-4H2,(H,7,9);1H4/t6-;2*5-;/m000./s1. The molecule has 12 heteroatoms. The second-order valence-corrected chi connectivity index (χ2v) is 9.84. The Bertz CT molecular complexity index is 660. The first-order valence-corrected chi connectivity index (χ1v) is 12.7. The molecule has 0 aromatic heterocycles. The van der Waals surface area contributed by atoms with Crippen molar-refractivity contribution in [1.82, 2.24) is 20.7 Å². The van der Waals surface area contributed by atoms with Crippen LogP contribution in [0.25, 0.3) is 0 Å². The van der Waals surface area contributed by atoms with Gasteiger partial charge in [-0.1, -0.05) is 7.43 Å². The quantitative estimate of drug-likeness (QED) is 0.295. The topological polar surface area (TPSA) is 180 Å². The highest BCUT2D eigenvalue weighted by atomic mass is 32.2. The van der Waals surface area contributed by atoms with Gasteiger partial charge in [0.05, 0.1) is 18.9 Å². The number of hydrogen-bond acceptors (Lipinski definition) is 7. The van der Waals surface area contributed by atoms with Crippen LogP contribution >= 0.6 is 0 Å². The van der Waals surface area contributed by atoms with Crippen LogP contribution in [0.15, 0.2) is 0 Å². The second-order valence-electron chi connectivity index (χ2n) is 8.01. The summed E-state index contributed by atoms with van der Waals surface area (Å²) < 4.78 is 23.8. The Morgan fingerprint density at radius 3 is 1.62 bits per heavy atom. The van der Waals surface area contributed by atoms with Gasteiger partial charge in [-0.05, 0) is 38.5 Å². The highest BCUT2D eigenvalue weighted by Crippen LogP contribution is 2.08. The van der Waals surface area contributed by atoms with E-state index in [1.54, 1.807) is 0 Å². The van der Waals surface area contributed by atoms with Crippen molar-refractivity contribution in [3.8, 4) is 0 Å². The minimum Gasteiger partial charge on any atom is -0.394 e. The Labute approximate surface area is 191 Å². The first-order chi connectivity index (χ1) is 14.6. The number of aliphatic hydroxyl groups excluding tert-OH is 1. The van der Waals surface area contributed by atoms with Crippen molar-refractivity contribution in [2.45, 2.75) is 83.3 Å². The molecule has 3 aliphatic heterocycles. The zero-order valence-corrected chi connectivity index (χ0v) is 19.0. The first kappa shape index (κ1) is 30.2. The predicted molar refractivity (Wildman–Crippen MR) is 123 cm³/mol. The number of nitrogens with two attached hydrogens (primary N) is 1. The van der Waals surface area contributed by atoms with Crippen LogP contribution < -0.4 is 26.4 Å². The van der Waals surface area contributed by atoms with Gasteiger partial charge in [0, 0.05) is 44.4 Å². The molecule has 3 rings (SSSR count). The maximum Gasteiger partial charge on any atom is 0.220 e. The number of hydrogen-bond donors (Lipinski definition) is 6. The minimum atomic E-state index is -3.14. The number of amides is 3. The molecule has 7 N–H and O–H groups in total. The SMILES string of the molecule is C.CS(=O)(=O)NC[C@@H]1CCCC(=O)N1.NC[C@@H]1CCCC(=O)N1.O=C1CCC[C@@H](CO)N1. The molecule has 188 valence electrons. The molecule has 32 heavy (non-hydrogen) atoms. The van der Waals surface area contributed by atoms with E-state index < -0.39 is 10.0 Å². The molecule has 3 saturated heterocycles. The fourth-order valence-corrected chi connectivity index (χ4v) is 3.87. The molecule has 3 atom stereocenters. The molecule has 3 amide bonds. The lowest BCUT2D eigenvalue weighted by Crippen LogP contribution is -2.45. The largest absolute Gasteiger partial charge is 0.394 e. The van der Waals surface area contributed by atoms with Gasteiger partial charge in [0.25, 0.3) is 0 Å². The molecule has 0 aromatic rings. The average Bonchev–Trinajstić information content (AvgIpc) is 2.73. The maximum absolute atomic E-state index is 10.9. The van der Waals surface area contributed by atoms with Crippen molar-refractivity contribution < 1.29 is 27.9 Å². The molecular weight excluding hydrogens is 438 g/mol. The maximum atomic E-state index is 10.9. The van der Waals surface area contributed by atoms with E-state index in [1.165, 1.54) is 0 Å². The van der Waals surface area contributed by atoms with E-state index in [4.69, 9.17) is 10.8 Å². The Kier molecular flexibility index (Phi) is 15.1. The highest BCUT2D eigenvalue weighted by molar-refractivity contribution is 7.88. The monoisotopic (exact) mass is 479 g/mol. The lowest BCUT2D eigenvalue weighted by atomic mass is 10.1. The van der Waals surface area contributed by atoms with Gasteiger partial charge in [0.1, 0.15) is 0 Å². The van der Waals surface area contributed by atoms with Crippen LogP contribution in [0.2, 0.25) is 0 Å². The van der Waals surface area contributed by atoms with Crippen molar-refractivity contribution >= 4 is 27.7 Å². The summed E-state index contributed by atoms with van der Waals surface area (Å²) in [6, 6.07) is 0.216. The summed E-state index contributed by atoms with van der Waals surface area (Å²) in [6.07, 6.45) is 8.51. The fourth-order valence-electron chi connectivity index (χ4n) is 3.36. The number of sulfonamides is 1. The number of nitrogens with one attached hydrogen (secondary N) is 4. The van der Waals surface area contributed by atoms with Crippen molar-refractivity contribution in [2.75, 3.05) is 26.0 Å². The van der Waals surface area contributed by atoms with Gasteiger partial charge in [-0.25, -0.2) is 13.1 Å². The Balaban J connectivity index is 0.000000455. The van der Waals surface area contributed by atoms with E-state index >= 15 is 0 Å². The van der Waals surface area contributed by atoms with Crippen LogP contribution in [-0.2, 0) is 24.4 Å². The van der Waals surface area contributed by atoms with Crippen molar-refractivity contribution in [3.05, 3.63) is 0 Å². The summed E-state index contributed by atoms with van der Waals surface area (Å²) in [7, 11) is -3.14. The molecule has 0 radical (unpaired) electrons. The zero-order chi connectivity index (χ0) is 23.3. The third-order valence-corrected chi connectivity index (χ3v) is 5.75. The number of carbonyl (C=O) groups is 3. The molecule has 0 aliphatic carbocycles. The molecule has 0 aromatic carbocycles. The summed E-state index contributed by atoms with van der Waals surface area (Å²) in [4.78, 5) is 32.2. The number of carbonyl (C=O) groups excluding carboxylic acids is 3. The van der Waals surface area contributed by atoms with Crippen molar-refractivity contribution in [3.63, 3.8) is 0 Å². The Morgan fingerprint density at radius 1 is 0.875 bits per heavy atom. The molecule has 3 heterocycles. The Morgan fingerprint density at radius 2 is 1.28 bits per heavy atom. The van der Waals surface area contributed by atoms with Crippen LogP contribution in [0.1, 0.15) is 65.2 Å². The third-order valence-electron chi connectivity index (χ3n) is 5.06. The van der Waals surface area contributed by atoms with E-state index in [0.29, 0.717) is 32.4 Å². The highest BCUT2D eigenvalue weighted by Gasteiger charge is 2.19. The van der Waals surface area contributed by atoms with Crippen LogP contribution in [0, 0.1) is 0 Å². The normalized spacial score (nSPS) is 25.3. The minimum absolute atomic E-state index is 0. The number of aliphatic hydroxyl groups is 1. The molecule has 0 unspecified atom stereocenters. The van der Waals surface area contributed by atoms with E-state index in [1.807, 2.05) is 0 Å². The average molecular weight is 480 g/mol. The van der Waals surface area contributed by atoms with E-state index in [2.05, 4.69) is 20.7 Å². The van der Waals surface area contributed by atoms with Crippen LogP contribution in [0.3, 0.4) is 0 Å². The molecule has 0 saturated carbocycles. The van der Waals surface area contributed by atoms with Crippen LogP contribution in [0.5, 0.6) is 0 Å². The summed E-state index contributed by atoms with van der Waals surface area (Å²) in [6.45, 7) is 0.946. The lowest BCUT2D eigenvalue weighted by Gasteiger charge is -2.22. The van der Waals surface area contributed by atoms with Gasteiger partial charge in [-0.15, -0.1) is 0 Å². The van der Waals surface area contributed by atoms with E-state index in [0.717, 1.165) is 44.8 Å². The lowest BCUT2D eigenvalue weighted by molar-refractivity contribution is -0.124. The summed E-state index contributed by atoms with van der Waals surface area (Å²) in [5.41, 5.74) is 5.35. The van der Waals surface area contributed by atoms with E-state index in [9.17, 15) is 22.8 Å². The first-order valence-electron chi connectivity index (χ1n) is 10.8. The summed E-state index contributed by atoms with van der Waals surface area (Å²) in [5.74, 6) is 0.226. The van der Waals surface area contributed by atoms with Gasteiger partial charge in [0.15, 0.2) is 0 Å². The summed E-state index contributed by atoms with van der Waals surface area (Å²) >= 11 is 0. The van der Waals surface area contributed by atoms with E-state index in [-0.39, 0.29) is 49.9 Å². The van der Waals surface area contributed by atoms with Crippen LogP contribution in [0.4, 0.5) is 0 Å². The summed E-state index contributed by atoms with van der Waals surface area (Å²) in [5, 5.41) is 16.8. The van der Waals surface area contributed by atoms with Crippen molar-refractivity contribution in [1.29, 1.82) is 0 Å². The Hall–Kier alpha value is -1.76.